The first-order valence-electron chi connectivity index (χ1n) is 5.86. The molecule has 0 heterocycles. The first-order chi connectivity index (χ1) is 8.54. The fraction of sp³-hybridized carbons (Fsp3) is 0.462. The molecule has 0 aliphatic carbocycles. The van der Waals surface area contributed by atoms with E-state index >= 15 is 0 Å². The predicted molar refractivity (Wildman–Crippen MR) is 73.9 cm³/mol. The molecule has 0 aromatic heterocycles. The van der Waals surface area contributed by atoms with E-state index in [2.05, 4.69) is 5.32 Å². The fourth-order valence-corrected chi connectivity index (χ4v) is 1.71. The number of benzene rings is 1. The lowest BCUT2D eigenvalue weighted by Crippen LogP contribution is -2.35. The van der Waals surface area contributed by atoms with E-state index in [-0.39, 0.29) is 5.91 Å². The molecule has 1 rings (SSSR count). The summed E-state index contributed by atoms with van der Waals surface area (Å²) < 4.78 is 4.92. The normalized spacial score (nSPS) is 12.2. The van der Waals surface area contributed by atoms with Crippen LogP contribution in [0, 0.1) is 6.92 Å². The average molecular weight is 271 g/mol. The number of methoxy groups -OCH3 is 1. The number of anilines is 1. The van der Waals surface area contributed by atoms with E-state index in [0.29, 0.717) is 23.7 Å². The van der Waals surface area contributed by atoms with Crippen molar-refractivity contribution in [2.75, 3.05) is 19.0 Å². The monoisotopic (exact) mass is 270 g/mol. The summed E-state index contributed by atoms with van der Waals surface area (Å²) in [5.74, 6) is -0.198. The van der Waals surface area contributed by atoms with E-state index in [0.717, 1.165) is 12.0 Å². The summed E-state index contributed by atoms with van der Waals surface area (Å²) in [5.41, 5.74) is 7.45. The zero-order chi connectivity index (χ0) is 13.5. The molecular weight excluding hydrogens is 252 g/mol. The maximum absolute atomic E-state index is 11.9. The Labute approximate surface area is 112 Å². The Morgan fingerprint density at radius 2 is 2.28 bits per heavy atom. The van der Waals surface area contributed by atoms with Gasteiger partial charge in [-0.3, -0.25) is 4.79 Å². The lowest BCUT2D eigenvalue weighted by molar-refractivity contribution is -0.117. The van der Waals surface area contributed by atoms with Crippen LogP contribution in [0.2, 0.25) is 5.02 Å². The second kappa shape index (κ2) is 7.36. The van der Waals surface area contributed by atoms with Crippen molar-refractivity contribution in [3.63, 3.8) is 0 Å². The number of hydrogen-bond acceptors (Lipinski definition) is 3. The molecule has 1 aromatic carbocycles. The molecule has 1 unspecified atom stereocenters. The van der Waals surface area contributed by atoms with Gasteiger partial charge >= 0.3 is 0 Å². The first-order valence-corrected chi connectivity index (χ1v) is 6.24. The van der Waals surface area contributed by atoms with Gasteiger partial charge in [0.2, 0.25) is 5.91 Å². The Bertz CT molecular complexity index is 410. The summed E-state index contributed by atoms with van der Waals surface area (Å²) in [6.07, 6.45) is 1.36. The van der Waals surface area contributed by atoms with Crippen molar-refractivity contribution in [1.29, 1.82) is 0 Å². The van der Waals surface area contributed by atoms with Crippen LogP contribution in [-0.4, -0.2) is 25.7 Å². The van der Waals surface area contributed by atoms with Crippen LogP contribution in [0.25, 0.3) is 0 Å². The fourth-order valence-electron chi connectivity index (χ4n) is 1.53. The molecule has 0 saturated carbocycles. The minimum atomic E-state index is -0.529. The summed E-state index contributed by atoms with van der Waals surface area (Å²) >= 11 is 5.88. The molecule has 1 aromatic rings. The minimum Gasteiger partial charge on any atom is -0.385 e. The Kier molecular flexibility index (Phi) is 6.12. The summed E-state index contributed by atoms with van der Waals surface area (Å²) in [7, 11) is 1.63. The van der Waals surface area contributed by atoms with Gasteiger partial charge in [-0.2, -0.15) is 0 Å². The third-order valence-electron chi connectivity index (χ3n) is 2.66. The molecule has 4 nitrogen and oxygen atoms in total. The minimum absolute atomic E-state index is 0.198. The second-order valence-corrected chi connectivity index (χ2v) is 4.63. The molecular formula is C13H19ClN2O2. The van der Waals surface area contributed by atoms with E-state index in [1.165, 1.54) is 0 Å². The molecule has 0 radical (unpaired) electrons. The van der Waals surface area contributed by atoms with E-state index < -0.39 is 6.04 Å². The van der Waals surface area contributed by atoms with Crippen LogP contribution in [-0.2, 0) is 9.53 Å². The summed E-state index contributed by atoms with van der Waals surface area (Å²) in [4.78, 5) is 11.9. The number of nitrogens with one attached hydrogen (secondary N) is 1. The van der Waals surface area contributed by atoms with Crippen LogP contribution >= 0.6 is 11.6 Å². The molecule has 0 saturated heterocycles. The number of aryl methyl sites for hydroxylation is 1. The Morgan fingerprint density at radius 1 is 1.56 bits per heavy atom. The van der Waals surface area contributed by atoms with Crippen molar-refractivity contribution >= 4 is 23.2 Å². The number of halogens is 1. The number of hydrogen-bond donors (Lipinski definition) is 2. The van der Waals surface area contributed by atoms with Crippen LogP contribution in [0.4, 0.5) is 5.69 Å². The molecule has 3 N–H and O–H groups in total. The maximum Gasteiger partial charge on any atom is 0.241 e. The van der Waals surface area contributed by atoms with Gasteiger partial charge < -0.3 is 15.8 Å². The second-order valence-electron chi connectivity index (χ2n) is 4.19. The van der Waals surface area contributed by atoms with Crippen LogP contribution in [0.3, 0.4) is 0 Å². The molecule has 0 aliphatic heterocycles. The number of carbonyl (C=O) groups excluding carboxylic acids is 1. The van der Waals surface area contributed by atoms with Crippen LogP contribution in [0.15, 0.2) is 18.2 Å². The highest BCUT2D eigenvalue weighted by Gasteiger charge is 2.14. The van der Waals surface area contributed by atoms with Crippen molar-refractivity contribution in [3.05, 3.63) is 28.8 Å². The van der Waals surface area contributed by atoms with Gasteiger partial charge in [-0.05, 0) is 37.5 Å². The van der Waals surface area contributed by atoms with E-state index in [9.17, 15) is 4.79 Å². The lowest BCUT2D eigenvalue weighted by atomic mass is 10.1. The SMILES string of the molecule is COCCCC(N)C(=O)Nc1cc(Cl)ccc1C. The van der Waals surface area contributed by atoms with Gasteiger partial charge in [-0.1, -0.05) is 17.7 Å². The van der Waals surface area contributed by atoms with Crippen molar-refractivity contribution in [3.8, 4) is 0 Å². The highest BCUT2D eigenvalue weighted by molar-refractivity contribution is 6.31. The van der Waals surface area contributed by atoms with Crippen LogP contribution < -0.4 is 11.1 Å². The van der Waals surface area contributed by atoms with Crippen molar-refractivity contribution in [2.24, 2.45) is 5.73 Å². The average Bonchev–Trinajstić information content (AvgIpc) is 2.34. The van der Waals surface area contributed by atoms with Crippen molar-refractivity contribution < 1.29 is 9.53 Å². The van der Waals surface area contributed by atoms with E-state index in [1.54, 1.807) is 19.2 Å². The quantitative estimate of drug-likeness (QED) is 0.780. The highest BCUT2D eigenvalue weighted by Crippen LogP contribution is 2.20. The van der Waals surface area contributed by atoms with Crippen LogP contribution in [0.5, 0.6) is 0 Å². The van der Waals surface area contributed by atoms with Gasteiger partial charge in [0.15, 0.2) is 0 Å². The van der Waals surface area contributed by atoms with Gasteiger partial charge in [0.05, 0.1) is 6.04 Å². The topological polar surface area (TPSA) is 64.3 Å². The Morgan fingerprint density at radius 3 is 2.94 bits per heavy atom. The predicted octanol–water partition coefficient (Wildman–Crippen LogP) is 2.34. The Balaban J connectivity index is 2.55. The van der Waals surface area contributed by atoms with E-state index in [4.69, 9.17) is 22.1 Å². The molecule has 0 aliphatic rings. The number of carbonyl (C=O) groups is 1. The number of nitrogens with two attached hydrogens (primary N) is 1. The van der Waals surface area contributed by atoms with Crippen LogP contribution in [0.1, 0.15) is 18.4 Å². The summed E-state index contributed by atoms with van der Waals surface area (Å²) in [6, 6.07) is 4.83. The largest absolute Gasteiger partial charge is 0.385 e. The zero-order valence-corrected chi connectivity index (χ0v) is 11.5. The molecule has 1 atom stereocenters. The molecule has 0 spiro atoms. The van der Waals surface area contributed by atoms with Crippen molar-refractivity contribution in [1.82, 2.24) is 0 Å². The number of rotatable bonds is 6. The van der Waals surface area contributed by atoms with Gasteiger partial charge in [0.1, 0.15) is 0 Å². The lowest BCUT2D eigenvalue weighted by Gasteiger charge is -2.13. The third kappa shape index (κ3) is 4.64. The van der Waals surface area contributed by atoms with Gasteiger partial charge in [-0.25, -0.2) is 0 Å². The van der Waals surface area contributed by atoms with Gasteiger partial charge in [-0.15, -0.1) is 0 Å². The zero-order valence-electron chi connectivity index (χ0n) is 10.7. The van der Waals surface area contributed by atoms with Gasteiger partial charge in [0, 0.05) is 24.4 Å². The first kappa shape index (κ1) is 15.0. The summed E-state index contributed by atoms with van der Waals surface area (Å²) in [5, 5.41) is 3.38. The maximum atomic E-state index is 11.9. The number of ether oxygens (including phenoxy) is 1. The molecule has 1 amide bonds. The van der Waals surface area contributed by atoms with Gasteiger partial charge in [0.25, 0.3) is 0 Å². The number of amides is 1. The molecule has 100 valence electrons. The molecule has 0 bridgehead atoms. The molecule has 0 fully saturated rings. The van der Waals surface area contributed by atoms with Crippen molar-refractivity contribution in [2.45, 2.75) is 25.8 Å². The standard InChI is InChI=1S/C13H19ClN2O2/c1-9-5-6-10(14)8-12(9)16-13(17)11(15)4-3-7-18-2/h5-6,8,11H,3-4,7,15H2,1-2H3,(H,16,17). The highest BCUT2D eigenvalue weighted by atomic mass is 35.5. The molecule has 18 heavy (non-hydrogen) atoms. The third-order valence-corrected chi connectivity index (χ3v) is 2.89. The van der Waals surface area contributed by atoms with E-state index in [1.807, 2.05) is 13.0 Å². The Hall–Kier alpha value is -1.10. The smallest absolute Gasteiger partial charge is 0.241 e. The summed E-state index contributed by atoms with van der Waals surface area (Å²) in [6.45, 7) is 2.51. The molecule has 5 heteroatoms.